The summed E-state index contributed by atoms with van der Waals surface area (Å²) in [5.74, 6) is 2.39. The van der Waals surface area contributed by atoms with Crippen LogP contribution in [0.4, 0.5) is 16.3 Å². The molecule has 188 valence electrons. The topological polar surface area (TPSA) is 91.9 Å². The number of nitrogens with zero attached hydrogens (tertiary/aromatic N) is 4. The molecule has 1 aromatic heterocycles. The summed E-state index contributed by atoms with van der Waals surface area (Å²) in [6.07, 6.45) is 2.10. The van der Waals surface area contributed by atoms with Gasteiger partial charge in [0, 0.05) is 56.1 Å². The number of fused-ring (bicyclic) bond motifs is 1. The molecule has 2 N–H and O–H groups in total. The van der Waals surface area contributed by atoms with Crippen molar-refractivity contribution in [1.29, 1.82) is 0 Å². The standard InChI is InChI=1S/C26H36N6O3/c1-3-27-26(33)28-21-6-4-20(5-7-21)24-29-23-15-31(14-19-9-12-34-17-19)10-8-22(23)25(30-24)32-11-13-35-16-18(32)2/h4-7,18-19H,3,8-17H2,1-2H3,(H2,27,28,33)/t18-,19+/m0/s1. The monoisotopic (exact) mass is 480 g/mol. The number of amides is 2. The second-order valence-corrected chi connectivity index (χ2v) is 9.69. The van der Waals surface area contributed by atoms with E-state index in [2.05, 4.69) is 27.4 Å². The van der Waals surface area contributed by atoms with Gasteiger partial charge in [-0.15, -0.1) is 0 Å². The molecule has 0 spiro atoms. The van der Waals surface area contributed by atoms with Crippen LogP contribution in [0.5, 0.6) is 0 Å². The van der Waals surface area contributed by atoms with Gasteiger partial charge in [0.1, 0.15) is 5.82 Å². The van der Waals surface area contributed by atoms with Gasteiger partial charge >= 0.3 is 6.03 Å². The highest BCUT2D eigenvalue weighted by molar-refractivity contribution is 5.89. The van der Waals surface area contributed by atoms with Gasteiger partial charge in [-0.25, -0.2) is 14.8 Å². The van der Waals surface area contributed by atoms with Gasteiger partial charge in [-0.3, -0.25) is 4.90 Å². The molecule has 0 bridgehead atoms. The number of aromatic nitrogens is 2. The average molecular weight is 481 g/mol. The molecule has 2 aromatic rings. The molecule has 5 rings (SSSR count). The van der Waals surface area contributed by atoms with Crippen molar-refractivity contribution in [2.45, 2.75) is 39.3 Å². The number of carbonyl (C=O) groups is 1. The van der Waals surface area contributed by atoms with Crippen molar-refractivity contribution in [3.63, 3.8) is 0 Å². The third-order valence-corrected chi connectivity index (χ3v) is 7.04. The molecule has 3 aliphatic heterocycles. The summed E-state index contributed by atoms with van der Waals surface area (Å²) in [6, 6.07) is 7.82. The van der Waals surface area contributed by atoms with Crippen LogP contribution >= 0.6 is 0 Å². The van der Waals surface area contributed by atoms with Gasteiger partial charge in [0.05, 0.1) is 31.6 Å². The predicted molar refractivity (Wildman–Crippen MR) is 136 cm³/mol. The van der Waals surface area contributed by atoms with Crippen molar-refractivity contribution in [3.05, 3.63) is 35.5 Å². The molecular formula is C26H36N6O3. The lowest BCUT2D eigenvalue weighted by atomic mass is 10.0. The molecule has 9 nitrogen and oxygen atoms in total. The molecule has 4 heterocycles. The highest BCUT2D eigenvalue weighted by atomic mass is 16.5. The van der Waals surface area contributed by atoms with Crippen molar-refractivity contribution < 1.29 is 14.3 Å². The van der Waals surface area contributed by atoms with Crippen LogP contribution in [0.1, 0.15) is 31.5 Å². The van der Waals surface area contributed by atoms with Crippen LogP contribution in [-0.4, -0.2) is 79.5 Å². The van der Waals surface area contributed by atoms with E-state index >= 15 is 0 Å². The smallest absolute Gasteiger partial charge is 0.319 e. The number of urea groups is 1. The number of hydrogen-bond acceptors (Lipinski definition) is 7. The molecule has 2 amide bonds. The summed E-state index contributed by atoms with van der Waals surface area (Å²) in [6.45, 7) is 11.6. The molecular weight excluding hydrogens is 444 g/mol. The van der Waals surface area contributed by atoms with E-state index < -0.39 is 0 Å². The first-order valence-corrected chi connectivity index (χ1v) is 12.8. The zero-order valence-corrected chi connectivity index (χ0v) is 20.8. The van der Waals surface area contributed by atoms with E-state index in [1.807, 2.05) is 31.2 Å². The second-order valence-electron chi connectivity index (χ2n) is 9.69. The molecule has 2 fully saturated rings. The molecule has 2 atom stereocenters. The third kappa shape index (κ3) is 5.58. The Morgan fingerprint density at radius 3 is 2.69 bits per heavy atom. The third-order valence-electron chi connectivity index (χ3n) is 7.04. The zero-order chi connectivity index (χ0) is 24.2. The summed E-state index contributed by atoms with van der Waals surface area (Å²) in [5, 5.41) is 5.60. The Bertz CT molecular complexity index is 1020. The van der Waals surface area contributed by atoms with Gasteiger partial charge in [-0.05, 0) is 56.9 Å². The van der Waals surface area contributed by atoms with E-state index in [1.165, 1.54) is 5.56 Å². The highest BCUT2D eigenvalue weighted by Crippen LogP contribution is 2.32. The summed E-state index contributed by atoms with van der Waals surface area (Å²) in [5.41, 5.74) is 4.08. The van der Waals surface area contributed by atoms with Crippen molar-refractivity contribution in [2.24, 2.45) is 5.92 Å². The molecule has 0 unspecified atom stereocenters. The minimum absolute atomic E-state index is 0.207. The van der Waals surface area contributed by atoms with E-state index in [0.29, 0.717) is 25.7 Å². The second kappa shape index (κ2) is 10.9. The van der Waals surface area contributed by atoms with Gasteiger partial charge in [-0.1, -0.05) is 0 Å². The lowest BCUT2D eigenvalue weighted by molar-refractivity contribution is 0.0983. The number of carbonyl (C=O) groups excluding carboxylic acids is 1. The van der Waals surface area contributed by atoms with Gasteiger partial charge in [-0.2, -0.15) is 0 Å². The Hall–Kier alpha value is -2.75. The first-order valence-electron chi connectivity index (χ1n) is 12.8. The molecule has 0 radical (unpaired) electrons. The number of nitrogens with one attached hydrogen (secondary N) is 2. The van der Waals surface area contributed by atoms with Crippen LogP contribution in [0.15, 0.2) is 24.3 Å². The van der Waals surface area contributed by atoms with Crippen molar-refractivity contribution in [3.8, 4) is 11.4 Å². The number of benzene rings is 1. The summed E-state index contributed by atoms with van der Waals surface area (Å²) >= 11 is 0. The number of rotatable bonds is 6. The van der Waals surface area contributed by atoms with Crippen LogP contribution in [0.3, 0.4) is 0 Å². The maximum atomic E-state index is 11.9. The maximum absolute atomic E-state index is 11.9. The summed E-state index contributed by atoms with van der Waals surface area (Å²) in [4.78, 5) is 26.9. The molecule has 35 heavy (non-hydrogen) atoms. The van der Waals surface area contributed by atoms with Gasteiger partial charge in [0.15, 0.2) is 5.82 Å². The SMILES string of the molecule is CCNC(=O)Nc1ccc(-c2nc3c(c(N4CCOC[C@@H]4C)n2)CCN(C[C@H]2CCOC2)C3)cc1. The van der Waals surface area contributed by atoms with Crippen molar-refractivity contribution in [2.75, 3.05) is 62.8 Å². The highest BCUT2D eigenvalue weighted by Gasteiger charge is 2.30. The Morgan fingerprint density at radius 2 is 1.94 bits per heavy atom. The first kappa shape index (κ1) is 24.0. The van der Waals surface area contributed by atoms with Crippen molar-refractivity contribution >= 4 is 17.5 Å². The van der Waals surface area contributed by atoms with E-state index in [-0.39, 0.29) is 12.1 Å². The normalized spacial score (nSPS) is 22.6. The van der Waals surface area contributed by atoms with E-state index in [9.17, 15) is 4.79 Å². The summed E-state index contributed by atoms with van der Waals surface area (Å²) < 4.78 is 11.3. The first-order chi connectivity index (χ1) is 17.1. The fourth-order valence-corrected chi connectivity index (χ4v) is 5.16. The molecule has 9 heteroatoms. The van der Waals surface area contributed by atoms with Crippen LogP contribution in [-0.2, 0) is 22.4 Å². The minimum atomic E-state index is -0.207. The molecule has 3 aliphatic rings. The maximum Gasteiger partial charge on any atom is 0.319 e. The lowest BCUT2D eigenvalue weighted by Gasteiger charge is -2.38. The zero-order valence-electron chi connectivity index (χ0n) is 20.8. The Labute approximate surface area is 207 Å². The number of hydrogen-bond donors (Lipinski definition) is 2. The van der Waals surface area contributed by atoms with E-state index in [1.54, 1.807) is 0 Å². The van der Waals surface area contributed by atoms with Crippen LogP contribution < -0.4 is 15.5 Å². The van der Waals surface area contributed by atoms with E-state index in [4.69, 9.17) is 19.4 Å². The number of morpholine rings is 1. The quantitative estimate of drug-likeness (QED) is 0.657. The van der Waals surface area contributed by atoms with E-state index in [0.717, 1.165) is 80.8 Å². The Kier molecular flexibility index (Phi) is 7.46. The van der Waals surface area contributed by atoms with Gasteiger partial charge < -0.3 is 25.0 Å². The fraction of sp³-hybridized carbons (Fsp3) is 0.577. The van der Waals surface area contributed by atoms with Gasteiger partial charge in [0.2, 0.25) is 0 Å². The predicted octanol–water partition coefficient (Wildman–Crippen LogP) is 2.90. The van der Waals surface area contributed by atoms with Crippen LogP contribution in [0.2, 0.25) is 0 Å². The Balaban J connectivity index is 1.43. The molecule has 0 aliphatic carbocycles. The molecule has 2 saturated heterocycles. The van der Waals surface area contributed by atoms with Crippen LogP contribution in [0, 0.1) is 5.92 Å². The summed E-state index contributed by atoms with van der Waals surface area (Å²) in [7, 11) is 0. The fourth-order valence-electron chi connectivity index (χ4n) is 5.16. The Morgan fingerprint density at radius 1 is 1.11 bits per heavy atom. The lowest BCUT2D eigenvalue weighted by Crippen LogP contribution is -2.45. The van der Waals surface area contributed by atoms with Crippen molar-refractivity contribution in [1.82, 2.24) is 20.2 Å². The molecule has 0 saturated carbocycles. The van der Waals surface area contributed by atoms with Crippen LogP contribution in [0.25, 0.3) is 11.4 Å². The van der Waals surface area contributed by atoms with Gasteiger partial charge in [0.25, 0.3) is 0 Å². The number of anilines is 2. The minimum Gasteiger partial charge on any atom is -0.381 e. The largest absolute Gasteiger partial charge is 0.381 e. The molecule has 1 aromatic carbocycles. The average Bonchev–Trinajstić information content (AvgIpc) is 3.37. The number of ether oxygens (including phenoxy) is 2.